The monoisotopic (exact) mass is 273 g/mol. The van der Waals surface area contributed by atoms with Gasteiger partial charge in [-0.15, -0.1) is 0 Å². The predicted octanol–water partition coefficient (Wildman–Crippen LogP) is 2.30. The Bertz CT molecular complexity index is 342. The summed E-state index contributed by atoms with van der Waals surface area (Å²) in [7, 11) is 1.59. The quantitative estimate of drug-likeness (QED) is 0.885. The van der Waals surface area contributed by atoms with E-state index in [0.29, 0.717) is 24.6 Å². The Morgan fingerprint density at radius 2 is 2.20 bits per heavy atom. The number of phenolic OH excluding ortho intramolecular Hbond substituents is 1. The average Bonchev–Trinajstić information content (AvgIpc) is 2.23. The van der Waals surface area contributed by atoms with Crippen LogP contribution in [0.2, 0.25) is 0 Å². The highest BCUT2D eigenvalue weighted by Crippen LogP contribution is 2.36. The molecule has 0 fully saturated rings. The predicted molar refractivity (Wildman–Crippen MR) is 64.3 cm³/mol. The smallest absolute Gasteiger partial charge is 0.139 e. The molecular formula is C11H16BrNO2. The lowest BCUT2D eigenvalue weighted by atomic mass is 9.99. The maximum Gasteiger partial charge on any atom is 0.139 e. The number of hydrogen-bond acceptors (Lipinski definition) is 3. The number of rotatable bonds is 4. The van der Waals surface area contributed by atoms with Crippen LogP contribution in [0.4, 0.5) is 0 Å². The van der Waals surface area contributed by atoms with Crippen molar-refractivity contribution >= 4 is 15.9 Å². The lowest BCUT2D eigenvalue weighted by Gasteiger charge is -2.15. The lowest BCUT2D eigenvalue weighted by molar-refractivity contribution is 0.391. The summed E-state index contributed by atoms with van der Waals surface area (Å²) in [6.07, 6.45) is 0.713. The van der Waals surface area contributed by atoms with Crippen LogP contribution in [0.3, 0.4) is 0 Å². The van der Waals surface area contributed by atoms with Crippen LogP contribution in [-0.4, -0.2) is 18.8 Å². The van der Waals surface area contributed by atoms with Gasteiger partial charge in [-0.1, -0.05) is 6.92 Å². The molecule has 0 saturated heterocycles. The fourth-order valence-corrected chi connectivity index (χ4v) is 1.97. The Morgan fingerprint density at radius 1 is 1.53 bits per heavy atom. The van der Waals surface area contributed by atoms with Crippen molar-refractivity contribution in [3.8, 4) is 11.5 Å². The minimum atomic E-state index is 0.260. The van der Waals surface area contributed by atoms with E-state index in [1.54, 1.807) is 19.2 Å². The summed E-state index contributed by atoms with van der Waals surface area (Å²) in [5, 5.41) is 9.75. The van der Waals surface area contributed by atoms with Crippen LogP contribution in [-0.2, 0) is 6.42 Å². The van der Waals surface area contributed by atoms with Crippen molar-refractivity contribution in [1.29, 1.82) is 0 Å². The number of methoxy groups -OCH3 is 1. The topological polar surface area (TPSA) is 55.5 Å². The van der Waals surface area contributed by atoms with E-state index in [0.717, 1.165) is 10.0 Å². The molecule has 0 aliphatic carbocycles. The van der Waals surface area contributed by atoms with Gasteiger partial charge in [-0.05, 0) is 46.9 Å². The molecule has 0 aliphatic rings. The van der Waals surface area contributed by atoms with Crippen LogP contribution in [0.15, 0.2) is 16.6 Å². The van der Waals surface area contributed by atoms with Gasteiger partial charge in [0, 0.05) is 5.56 Å². The van der Waals surface area contributed by atoms with Crippen molar-refractivity contribution < 1.29 is 9.84 Å². The highest BCUT2D eigenvalue weighted by Gasteiger charge is 2.14. The third-order valence-corrected chi connectivity index (χ3v) is 2.97. The van der Waals surface area contributed by atoms with Crippen molar-refractivity contribution in [3.63, 3.8) is 0 Å². The molecule has 4 heteroatoms. The fourth-order valence-electron chi connectivity index (χ4n) is 1.44. The minimum Gasteiger partial charge on any atom is -0.508 e. The molecule has 15 heavy (non-hydrogen) atoms. The molecule has 0 bridgehead atoms. The number of ether oxygens (including phenoxy) is 1. The van der Waals surface area contributed by atoms with Crippen LogP contribution in [0, 0.1) is 5.92 Å². The Hall–Kier alpha value is -0.740. The molecule has 3 N–H and O–H groups in total. The molecule has 0 amide bonds. The first-order valence-corrected chi connectivity index (χ1v) is 5.63. The summed E-state index contributed by atoms with van der Waals surface area (Å²) in [5.74, 6) is 1.27. The molecule has 84 valence electrons. The van der Waals surface area contributed by atoms with Gasteiger partial charge in [0.1, 0.15) is 11.5 Å². The van der Waals surface area contributed by atoms with Crippen molar-refractivity contribution in [2.45, 2.75) is 13.3 Å². The first-order chi connectivity index (χ1) is 7.10. The molecule has 0 saturated carbocycles. The van der Waals surface area contributed by atoms with E-state index in [2.05, 4.69) is 15.9 Å². The van der Waals surface area contributed by atoms with Crippen LogP contribution in [0.25, 0.3) is 0 Å². The van der Waals surface area contributed by atoms with Gasteiger partial charge in [0.15, 0.2) is 0 Å². The highest BCUT2D eigenvalue weighted by molar-refractivity contribution is 9.10. The van der Waals surface area contributed by atoms with E-state index >= 15 is 0 Å². The number of nitrogens with two attached hydrogens (primary N) is 1. The third-order valence-electron chi connectivity index (χ3n) is 2.35. The minimum absolute atomic E-state index is 0.260. The molecule has 1 aromatic rings. The maximum atomic E-state index is 9.75. The van der Waals surface area contributed by atoms with E-state index in [9.17, 15) is 5.11 Å². The summed E-state index contributed by atoms with van der Waals surface area (Å²) in [6, 6.07) is 3.43. The Kier molecular flexibility index (Phi) is 4.42. The average molecular weight is 274 g/mol. The Morgan fingerprint density at radius 3 is 2.73 bits per heavy atom. The van der Waals surface area contributed by atoms with Gasteiger partial charge in [-0.3, -0.25) is 0 Å². The summed E-state index contributed by atoms with van der Waals surface area (Å²) in [5.41, 5.74) is 6.38. The number of aromatic hydroxyl groups is 1. The van der Waals surface area contributed by atoms with Gasteiger partial charge in [0.25, 0.3) is 0 Å². The summed E-state index contributed by atoms with van der Waals surface area (Å²) in [4.78, 5) is 0. The lowest BCUT2D eigenvalue weighted by Crippen LogP contribution is -2.13. The Balaban J connectivity index is 3.08. The van der Waals surface area contributed by atoms with Gasteiger partial charge in [-0.2, -0.15) is 0 Å². The summed E-state index contributed by atoms with van der Waals surface area (Å²) >= 11 is 3.39. The molecule has 0 radical (unpaired) electrons. The first-order valence-electron chi connectivity index (χ1n) is 4.84. The number of benzene rings is 1. The normalized spacial score (nSPS) is 12.5. The van der Waals surface area contributed by atoms with Gasteiger partial charge in [-0.25, -0.2) is 0 Å². The van der Waals surface area contributed by atoms with Crippen LogP contribution >= 0.6 is 15.9 Å². The number of phenols is 1. The number of hydrogen-bond donors (Lipinski definition) is 2. The van der Waals surface area contributed by atoms with E-state index in [-0.39, 0.29) is 5.75 Å². The summed E-state index contributed by atoms with van der Waals surface area (Å²) in [6.45, 7) is 2.63. The van der Waals surface area contributed by atoms with Gasteiger partial charge in [0.2, 0.25) is 0 Å². The third kappa shape index (κ3) is 2.86. The van der Waals surface area contributed by atoms with E-state index in [4.69, 9.17) is 10.5 Å². The second-order valence-corrected chi connectivity index (χ2v) is 4.48. The largest absolute Gasteiger partial charge is 0.508 e. The molecule has 0 heterocycles. The molecule has 0 spiro atoms. The maximum absolute atomic E-state index is 9.75. The molecule has 0 aromatic heterocycles. The van der Waals surface area contributed by atoms with Crippen molar-refractivity contribution in [3.05, 3.63) is 22.2 Å². The molecule has 1 aromatic carbocycles. The van der Waals surface area contributed by atoms with Gasteiger partial charge >= 0.3 is 0 Å². The standard InChI is InChI=1S/C11H16BrNO2/c1-7(6-13)5-8-10(14)4-3-9(12)11(8)15-2/h3-4,7,14H,5-6,13H2,1-2H3. The zero-order valence-electron chi connectivity index (χ0n) is 8.96. The first kappa shape index (κ1) is 12.3. The van der Waals surface area contributed by atoms with Crippen molar-refractivity contribution in [1.82, 2.24) is 0 Å². The molecule has 1 atom stereocenters. The molecule has 3 nitrogen and oxygen atoms in total. The van der Waals surface area contributed by atoms with E-state index in [1.807, 2.05) is 6.92 Å². The zero-order chi connectivity index (χ0) is 11.4. The Labute approximate surface area is 98.4 Å². The molecule has 1 unspecified atom stereocenters. The van der Waals surface area contributed by atoms with Gasteiger partial charge in [0.05, 0.1) is 11.6 Å². The second-order valence-electron chi connectivity index (χ2n) is 3.62. The molecular weight excluding hydrogens is 258 g/mol. The SMILES string of the molecule is COc1c(Br)ccc(O)c1CC(C)CN. The fraction of sp³-hybridized carbons (Fsp3) is 0.455. The van der Waals surface area contributed by atoms with E-state index < -0.39 is 0 Å². The van der Waals surface area contributed by atoms with E-state index in [1.165, 1.54) is 0 Å². The summed E-state index contributed by atoms with van der Waals surface area (Å²) < 4.78 is 6.10. The van der Waals surface area contributed by atoms with Crippen LogP contribution < -0.4 is 10.5 Å². The van der Waals surface area contributed by atoms with Crippen LogP contribution in [0.1, 0.15) is 12.5 Å². The second kappa shape index (κ2) is 5.37. The van der Waals surface area contributed by atoms with Crippen molar-refractivity contribution in [2.75, 3.05) is 13.7 Å². The highest BCUT2D eigenvalue weighted by atomic mass is 79.9. The molecule has 0 aliphatic heterocycles. The van der Waals surface area contributed by atoms with Crippen LogP contribution in [0.5, 0.6) is 11.5 Å². The van der Waals surface area contributed by atoms with Crippen molar-refractivity contribution in [2.24, 2.45) is 11.7 Å². The van der Waals surface area contributed by atoms with Gasteiger partial charge < -0.3 is 15.6 Å². The zero-order valence-corrected chi connectivity index (χ0v) is 10.5. The molecule has 1 rings (SSSR count). The number of halogens is 1.